The highest BCUT2D eigenvalue weighted by atomic mass is 15.3. The van der Waals surface area contributed by atoms with E-state index in [1.165, 1.54) is 5.56 Å². The van der Waals surface area contributed by atoms with Crippen LogP contribution in [0.5, 0.6) is 0 Å². The molecule has 0 saturated heterocycles. The Bertz CT molecular complexity index is 330. The second kappa shape index (κ2) is 2.60. The highest BCUT2D eigenvalue weighted by Gasteiger charge is 2.21. The van der Waals surface area contributed by atoms with Crippen LogP contribution in [0.25, 0.3) is 0 Å². The van der Waals surface area contributed by atoms with E-state index in [-0.39, 0.29) is 0 Å². The molecule has 1 aliphatic heterocycles. The minimum atomic E-state index is 0.297. The summed E-state index contributed by atoms with van der Waals surface area (Å²) in [5, 5.41) is 0. The number of hydrogen-bond acceptors (Lipinski definition) is 3. The number of aliphatic imine (C=N–C) groups is 1. The normalized spacial score (nSPS) is 20.2. The van der Waals surface area contributed by atoms with E-state index in [9.17, 15) is 0 Å². The third-order valence-corrected chi connectivity index (χ3v) is 2.20. The van der Waals surface area contributed by atoms with E-state index in [0.717, 1.165) is 11.5 Å². The SMILES string of the molecule is CC1C(NN)=Nc2ccccc21. The maximum atomic E-state index is 5.32. The van der Waals surface area contributed by atoms with E-state index in [1.54, 1.807) is 0 Å². The van der Waals surface area contributed by atoms with Crippen LogP contribution in [0.1, 0.15) is 18.4 Å². The summed E-state index contributed by atoms with van der Waals surface area (Å²) in [6, 6.07) is 8.07. The Morgan fingerprint density at radius 2 is 2.17 bits per heavy atom. The predicted molar refractivity (Wildman–Crippen MR) is 49.3 cm³/mol. The number of hydrogen-bond donors (Lipinski definition) is 2. The molecule has 0 bridgehead atoms. The molecule has 3 nitrogen and oxygen atoms in total. The van der Waals surface area contributed by atoms with Gasteiger partial charge in [-0.2, -0.15) is 0 Å². The van der Waals surface area contributed by atoms with E-state index >= 15 is 0 Å². The summed E-state index contributed by atoms with van der Waals surface area (Å²) in [5.41, 5.74) is 4.88. The van der Waals surface area contributed by atoms with Crippen molar-refractivity contribution in [3.63, 3.8) is 0 Å². The highest BCUT2D eigenvalue weighted by molar-refractivity contribution is 5.95. The Balaban J connectivity index is 2.47. The number of rotatable bonds is 0. The van der Waals surface area contributed by atoms with Gasteiger partial charge in [-0.3, -0.25) is 0 Å². The summed E-state index contributed by atoms with van der Waals surface area (Å²) in [6.45, 7) is 2.09. The van der Waals surface area contributed by atoms with Gasteiger partial charge in [-0.25, -0.2) is 10.8 Å². The summed E-state index contributed by atoms with van der Waals surface area (Å²) in [6.07, 6.45) is 0. The van der Waals surface area contributed by atoms with Crippen LogP contribution in [-0.4, -0.2) is 5.84 Å². The maximum Gasteiger partial charge on any atom is 0.124 e. The number of nitrogens with one attached hydrogen (secondary N) is 1. The first-order valence-electron chi connectivity index (χ1n) is 3.97. The fourth-order valence-corrected chi connectivity index (χ4v) is 1.49. The summed E-state index contributed by atoms with van der Waals surface area (Å²) >= 11 is 0. The molecule has 0 aliphatic carbocycles. The van der Waals surface area contributed by atoms with E-state index in [1.807, 2.05) is 18.2 Å². The molecule has 1 unspecified atom stereocenters. The van der Waals surface area contributed by atoms with Gasteiger partial charge in [0.05, 0.1) is 5.69 Å². The molecule has 62 valence electrons. The molecule has 3 N–H and O–H groups in total. The average molecular weight is 161 g/mol. The Kier molecular flexibility index (Phi) is 1.59. The highest BCUT2D eigenvalue weighted by Crippen LogP contribution is 2.33. The number of nitrogens with zero attached hydrogens (tertiary/aromatic N) is 1. The standard InChI is InChI=1S/C9H11N3/c1-6-7-4-2-3-5-8(7)11-9(6)12-10/h2-6H,10H2,1H3,(H,11,12). The lowest BCUT2D eigenvalue weighted by Gasteiger charge is -2.06. The number of hydrazine groups is 1. The first-order chi connectivity index (χ1) is 5.83. The van der Waals surface area contributed by atoms with Gasteiger partial charge in [-0.15, -0.1) is 0 Å². The van der Waals surface area contributed by atoms with E-state index in [2.05, 4.69) is 23.4 Å². The van der Waals surface area contributed by atoms with Crippen molar-refractivity contribution in [3.05, 3.63) is 29.8 Å². The van der Waals surface area contributed by atoms with Crippen molar-refractivity contribution < 1.29 is 0 Å². The van der Waals surface area contributed by atoms with Crippen LogP contribution < -0.4 is 11.3 Å². The Labute approximate surface area is 71.3 Å². The lowest BCUT2D eigenvalue weighted by molar-refractivity contribution is 0.927. The van der Waals surface area contributed by atoms with Crippen LogP contribution in [0.15, 0.2) is 29.3 Å². The largest absolute Gasteiger partial charge is 0.311 e. The van der Waals surface area contributed by atoms with Crippen molar-refractivity contribution in [2.75, 3.05) is 0 Å². The molecular formula is C9H11N3. The average Bonchev–Trinajstić information content (AvgIpc) is 2.44. The predicted octanol–water partition coefficient (Wildman–Crippen LogP) is 1.30. The molecule has 1 aliphatic rings. The zero-order valence-electron chi connectivity index (χ0n) is 6.91. The molecule has 1 atom stereocenters. The summed E-state index contributed by atoms with van der Waals surface area (Å²) in [4.78, 5) is 4.33. The summed E-state index contributed by atoms with van der Waals surface area (Å²) in [7, 11) is 0. The molecule has 0 spiro atoms. The molecule has 1 heterocycles. The van der Waals surface area contributed by atoms with Crippen LogP contribution in [0.3, 0.4) is 0 Å². The van der Waals surface area contributed by atoms with E-state index < -0.39 is 0 Å². The van der Waals surface area contributed by atoms with Crippen molar-refractivity contribution in [1.29, 1.82) is 0 Å². The lowest BCUT2D eigenvalue weighted by Crippen LogP contribution is -2.32. The zero-order chi connectivity index (χ0) is 8.55. The summed E-state index contributed by atoms with van der Waals surface area (Å²) in [5.74, 6) is 6.46. The van der Waals surface area contributed by atoms with Crippen molar-refractivity contribution in [2.24, 2.45) is 10.8 Å². The molecule has 1 aromatic carbocycles. The molecule has 3 heteroatoms. The zero-order valence-corrected chi connectivity index (χ0v) is 6.91. The first-order valence-corrected chi connectivity index (χ1v) is 3.97. The molecule has 1 aromatic rings. The minimum Gasteiger partial charge on any atom is -0.311 e. The number of nitrogens with two attached hydrogens (primary N) is 1. The van der Waals surface area contributed by atoms with Gasteiger partial charge >= 0.3 is 0 Å². The Hall–Kier alpha value is -1.35. The molecule has 0 radical (unpaired) electrons. The maximum absolute atomic E-state index is 5.32. The van der Waals surface area contributed by atoms with Gasteiger partial charge in [-0.1, -0.05) is 25.1 Å². The molecule has 12 heavy (non-hydrogen) atoms. The van der Waals surface area contributed by atoms with Gasteiger partial charge in [-0.05, 0) is 11.6 Å². The smallest absolute Gasteiger partial charge is 0.124 e. The van der Waals surface area contributed by atoms with E-state index in [0.29, 0.717) is 5.92 Å². The number of benzene rings is 1. The number of amidine groups is 1. The van der Waals surface area contributed by atoms with Gasteiger partial charge in [0.15, 0.2) is 0 Å². The Morgan fingerprint density at radius 3 is 2.83 bits per heavy atom. The number of fused-ring (bicyclic) bond motifs is 1. The fourth-order valence-electron chi connectivity index (χ4n) is 1.49. The molecule has 0 fully saturated rings. The van der Waals surface area contributed by atoms with Crippen molar-refractivity contribution >= 4 is 11.5 Å². The van der Waals surface area contributed by atoms with Crippen molar-refractivity contribution in [3.8, 4) is 0 Å². The third kappa shape index (κ3) is 0.905. The van der Waals surface area contributed by atoms with Crippen molar-refractivity contribution in [2.45, 2.75) is 12.8 Å². The molecule has 0 amide bonds. The Morgan fingerprint density at radius 1 is 1.42 bits per heavy atom. The van der Waals surface area contributed by atoms with Gasteiger partial charge in [0.2, 0.25) is 0 Å². The minimum absolute atomic E-state index is 0.297. The van der Waals surface area contributed by atoms with Crippen LogP contribution in [0.2, 0.25) is 0 Å². The molecule has 2 rings (SSSR count). The van der Waals surface area contributed by atoms with Crippen molar-refractivity contribution in [1.82, 2.24) is 5.43 Å². The topological polar surface area (TPSA) is 50.4 Å². The van der Waals surface area contributed by atoms with Crippen LogP contribution in [0.4, 0.5) is 5.69 Å². The lowest BCUT2D eigenvalue weighted by atomic mass is 10.0. The monoisotopic (exact) mass is 161 g/mol. The molecular weight excluding hydrogens is 150 g/mol. The third-order valence-electron chi connectivity index (χ3n) is 2.20. The van der Waals surface area contributed by atoms with Crippen LogP contribution in [-0.2, 0) is 0 Å². The second-order valence-electron chi connectivity index (χ2n) is 2.92. The quantitative estimate of drug-likeness (QED) is 0.445. The number of para-hydroxylation sites is 1. The first kappa shape index (κ1) is 7.31. The van der Waals surface area contributed by atoms with Crippen LogP contribution in [0, 0.1) is 0 Å². The van der Waals surface area contributed by atoms with Crippen LogP contribution >= 0.6 is 0 Å². The van der Waals surface area contributed by atoms with Gasteiger partial charge in [0, 0.05) is 5.92 Å². The van der Waals surface area contributed by atoms with Gasteiger partial charge in [0.1, 0.15) is 5.84 Å². The summed E-state index contributed by atoms with van der Waals surface area (Å²) < 4.78 is 0. The fraction of sp³-hybridized carbons (Fsp3) is 0.222. The second-order valence-corrected chi connectivity index (χ2v) is 2.92. The van der Waals surface area contributed by atoms with Gasteiger partial charge < -0.3 is 5.43 Å². The molecule has 0 saturated carbocycles. The van der Waals surface area contributed by atoms with Gasteiger partial charge in [0.25, 0.3) is 0 Å². The van der Waals surface area contributed by atoms with E-state index in [4.69, 9.17) is 5.84 Å². The molecule has 0 aromatic heterocycles.